The highest BCUT2D eigenvalue weighted by Gasteiger charge is 2.34. The third kappa shape index (κ3) is 3.41. The van der Waals surface area contributed by atoms with Crippen molar-refractivity contribution in [3.8, 4) is 11.3 Å². The van der Waals surface area contributed by atoms with Crippen LogP contribution in [0.3, 0.4) is 0 Å². The Kier molecular flexibility index (Phi) is 4.36. The standard InChI is InChI=1S/C16H17F2N3O3S/c1-20(11-5-6-25(23,24)9-11)16(22)14-8-15(21(2)19-14)12-7-10(17)3-4-13(12)18/h3-4,7-8,11H,5-6,9H2,1-2H3. The molecule has 1 saturated heterocycles. The summed E-state index contributed by atoms with van der Waals surface area (Å²) in [6, 6.07) is 4.02. The molecule has 0 aliphatic carbocycles. The zero-order valence-electron chi connectivity index (χ0n) is 13.7. The molecule has 3 rings (SSSR count). The summed E-state index contributed by atoms with van der Waals surface area (Å²) < 4.78 is 51.8. The van der Waals surface area contributed by atoms with Crippen LogP contribution in [0.1, 0.15) is 16.9 Å². The minimum Gasteiger partial charge on any atom is -0.336 e. The molecule has 1 fully saturated rings. The molecule has 2 heterocycles. The molecule has 9 heteroatoms. The molecule has 1 amide bonds. The Morgan fingerprint density at radius 3 is 2.68 bits per heavy atom. The van der Waals surface area contributed by atoms with Crippen molar-refractivity contribution >= 4 is 15.7 Å². The van der Waals surface area contributed by atoms with Crippen molar-refractivity contribution in [3.05, 3.63) is 41.6 Å². The number of aryl methyl sites for hydroxylation is 1. The van der Waals surface area contributed by atoms with Crippen molar-refractivity contribution in [3.63, 3.8) is 0 Å². The van der Waals surface area contributed by atoms with Crippen LogP contribution in [-0.4, -0.2) is 53.6 Å². The van der Waals surface area contributed by atoms with E-state index in [-0.39, 0.29) is 28.5 Å². The van der Waals surface area contributed by atoms with Crippen molar-refractivity contribution in [2.45, 2.75) is 12.5 Å². The lowest BCUT2D eigenvalue weighted by atomic mass is 10.1. The quantitative estimate of drug-likeness (QED) is 0.824. The van der Waals surface area contributed by atoms with Crippen LogP contribution >= 0.6 is 0 Å². The second-order valence-corrected chi connectivity index (χ2v) is 8.36. The summed E-state index contributed by atoms with van der Waals surface area (Å²) in [5.74, 6) is -1.71. The fourth-order valence-corrected chi connectivity index (χ4v) is 4.72. The van der Waals surface area contributed by atoms with Crippen LogP contribution in [-0.2, 0) is 16.9 Å². The number of halogens is 2. The molecule has 1 aliphatic rings. The van der Waals surface area contributed by atoms with E-state index in [1.165, 1.54) is 29.7 Å². The molecule has 0 saturated carbocycles. The number of sulfone groups is 1. The Morgan fingerprint density at radius 1 is 1.32 bits per heavy atom. The van der Waals surface area contributed by atoms with E-state index in [2.05, 4.69) is 5.10 Å². The number of benzene rings is 1. The zero-order valence-corrected chi connectivity index (χ0v) is 14.6. The predicted molar refractivity (Wildman–Crippen MR) is 87.7 cm³/mol. The summed E-state index contributed by atoms with van der Waals surface area (Å²) in [5, 5.41) is 4.07. The van der Waals surface area contributed by atoms with Gasteiger partial charge in [0.15, 0.2) is 15.5 Å². The van der Waals surface area contributed by atoms with Gasteiger partial charge in [-0.25, -0.2) is 17.2 Å². The van der Waals surface area contributed by atoms with E-state index in [4.69, 9.17) is 0 Å². The lowest BCUT2D eigenvalue weighted by molar-refractivity contribution is 0.0741. The van der Waals surface area contributed by atoms with E-state index in [0.717, 1.165) is 18.2 Å². The highest BCUT2D eigenvalue weighted by atomic mass is 32.2. The van der Waals surface area contributed by atoms with Gasteiger partial charge in [0.1, 0.15) is 11.6 Å². The lowest BCUT2D eigenvalue weighted by Gasteiger charge is -2.22. The monoisotopic (exact) mass is 369 g/mol. The van der Waals surface area contributed by atoms with Gasteiger partial charge in [0.2, 0.25) is 0 Å². The minimum atomic E-state index is -3.12. The Labute approximate surface area is 144 Å². The molecular weight excluding hydrogens is 352 g/mol. The Morgan fingerprint density at radius 2 is 2.04 bits per heavy atom. The first-order valence-corrected chi connectivity index (χ1v) is 9.47. The third-order valence-corrected chi connectivity index (χ3v) is 6.13. The number of rotatable bonds is 3. The molecule has 0 spiro atoms. The minimum absolute atomic E-state index is 0.000136. The predicted octanol–water partition coefficient (Wildman–Crippen LogP) is 1.62. The van der Waals surface area contributed by atoms with Crippen LogP contribution in [0.5, 0.6) is 0 Å². The number of carbonyl (C=O) groups is 1. The van der Waals surface area contributed by atoms with Crippen molar-refractivity contribution in [2.75, 3.05) is 18.6 Å². The number of amides is 1. The Balaban J connectivity index is 1.89. The maximum absolute atomic E-state index is 14.0. The highest BCUT2D eigenvalue weighted by Crippen LogP contribution is 2.25. The van der Waals surface area contributed by atoms with Gasteiger partial charge < -0.3 is 4.90 Å². The molecule has 134 valence electrons. The van der Waals surface area contributed by atoms with E-state index >= 15 is 0 Å². The van der Waals surface area contributed by atoms with Crippen molar-refractivity contribution in [2.24, 2.45) is 7.05 Å². The van der Waals surface area contributed by atoms with Gasteiger partial charge in [-0.2, -0.15) is 5.10 Å². The highest BCUT2D eigenvalue weighted by molar-refractivity contribution is 7.91. The molecule has 2 aromatic rings. The van der Waals surface area contributed by atoms with Crippen LogP contribution in [0.4, 0.5) is 8.78 Å². The first kappa shape index (κ1) is 17.5. The van der Waals surface area contributed by atoms with Gasteiger partial charge in [-0.15, -0.1) is 0 Å². The molecule has 0 N–H and O–H groups in total. The summed E-state index contributed by atoms with van der Waals surface area (Å²) in [5.41, 5.74) is 0.306. The molecule has 6 nitrogen and oxygen atoms in total. The van der Waals surface area contributed by atoms with E-state index < -0.39 is 33.4 Å². The van der Waals surface area contributed by atoms with E-state index in [1.807, 2.05) is 0 Å². The second-order valence-electron chi connectivity index (χ2n) is 6.14. The maximum atomic E-state index is 14.0. The van der Waals surface area contributed by atoms with Gasteiger partial charge in [-0.3, -0.25) is 9.48 Å². The molecule has 1 unspecified atom stereocenters. The van der Waals surface area contributed by atoms with Gasteiger partial charge in [0.05, 0.1) is 17.2 Å². The maximum Gasteiger partial charge on any atom is 0.274 e. The van der Waals surface area contributed by atoms with Crippen LogP contribution in [0.15, 0.2) is 24.3 Å². The zero-order chi connectivity index (χ0) is 18.4. The van der Waals surface area contributed by atoms with Crippen molar-refractivity contribution in [1.29, 1.82) is 0 Å². The molecule has 1 aliphatic heterocycles. The van der Waals surface area contributed by atoms with E-state index in [0.29, 0.717) is 6.42 Å². The summed E-state index contributed by atoms with van der Waals surface area (Å²) in [6.45, 7) is 0. The van der Waals surface area contributed by atoms with Crippen molar-refractivity contribution < 1.29 is 22.0 Å². The average molecular weight is 369 g/mol. The van der Waals surface area contributed by atoms with Gasteiger partial charge in [0.25, 0.3) is 5.91 Å². The molecule has 0 radical (unpaired) electrons. The molecule has 1 atom stereocenters. The van der Waals surface area contributed by atoms with Crippen molar-refractivity contribution in [1.82, 2.24) is 14.7 Å². The number of aromatic nitrogens is 2. The summed E-state index contributed by atoms with van der Waals surface area (Å²) in [6.07, 6.45) is 0.378. The third-order valence-electron chi connectivity index (χ3n) is 4.38. The molecule has 25 heavy (non-hydrogen) atoms. The van der Waals surface area contributed by atoms with Gasteiger partial charge in [0, 0.05) is 25.7 Å². The SMILES string of the molecule is CN(C(=O)c1cc(-c2cc(F)ccc2F)n(C)n1)C1CCS(=O)(=O)C1. The fraction of sp³-hybridized carbons (Fsp3) is 0.375. The topological polar surface area (TPSA) is 72.3 Å². The van der Waals surface area contributed by atoms with Gasteiger partial charge in [-0.1, -0.05) is 0 Å². The number of hydrogen-bond acceptors (Lipinski definition) is 4. The first-order valence-electron chi connectivity index (χ1n) is 7.65. The van der Waals surface area contributed by atoms with Crippen LogP contribution in [0, 0.1) is 11.6 Å². The Hall–Kier alpha value is -2.29. The second kappa shape index (κ2) is 6.21. The first-order chi connectivity index (χ1) is 11.7. The van der Waals surface area contributed by atoms with Crippen LogP contribution in [0.2, 0.25) is 0 Å². The van der Waals surface area contributed by atoms with Crippen LogP contribution < -0.4 is 0 Å². The molecule has 1 aromatic heterocycles. The van der Waals surface area contributed by atoms with Gasteiger partial charge >= 0.3 is 0 Å². The summed E-state index contributed by atoms with van der Waals surface area (Å²) in [4.78, 5) is 13.9. The fourth-order valence-electron chi connectivity index (χ4n) is 2.94. The summed E-state index contributed by atoms with van der Waals surface area (Å²) >= 11 is 0. The van der Waals surface area contributed by atoms with E-state index in [1.54, 1.807) is 0 Å². The van der Waals surface area contributed by atoms with Crippen LogP contribution in [0.25, 0.3) is 11.3 Å². The number of hydrogen-bond donors (Lipinski definition) is 0. The lowest BCUT2D eigenvalue weighted by Crippen LogP contribution is -2.38. The van der Waals surface area contributed by atoms with Gasteiger partial charge in [-0.05, 0) is 30.7 Å². The summed E-state index contributed by atoms with van der Waals surface area (Å²) in [7, 11) is -0.0802. The molecule has 0 bridgehead atoms. The number of nitrogens with zero attached hydrogens (tertiary/aromatic N) is 3. The Bertz CT molecular complexity index is 940. The average Bonchev–Trinajstić information content (AvgIpc) is 3.11. The largest absolute Gasteiger partial charge is 0.336 e. The smallest absolute Gasteiger partial charge is 0.274 e. The number of carbonyl (C=O) groups excluding carboxylic acids is 1. The molecular formula is C16H17F2N3O3S. The normalized spacial score (nSPS) is 19.1. The molecule has 1 aromatic carbocycles. The van der Waals surface area contributed by atoms with E-state index in [9.17, 15) is 22.0 Å².